The van der Waals surface area contributed by atoms with Crippen LogP contribution in [-0.4, -0.2) is 99.3 Å². The number of guanidine groups is 1. The summed E-state index contributed by atoms with van der Waals surface area (Å²) in [7, 11) is 3.34. The summed E-state index contributed by atoms with van der Waals surface area (Å²) in [5.74, 6) is 0.916. The minimum Gasteiger partial charge on any atom is -0.494 e. The molecule has 1 aromatic rings. The summed E-state index contributed by atoms with van der Waals surface area (Å²) >= 11 is 0. The maximum atomic E-state index is 13.9. The molecule has 4 heterocycles. The Kier molecular flexibility index (Phi) is 9.18. The highest BCUT2D eigenvalue weighted by molar-refractivity contribution is 14.0. The van der Waals surface area contributed by atoms with Crippen molar-refractivity contribution in [2.75, 3.05) is 66.5 Å². The Bertz CT molecular complexity index is 735. The number of methoxy groups -OCH3 is 1. The molecule has 9 heteroatoms. The minimum absolute atomic E-state index is 0. The predicted molar refractivity (Wildman–Crippen MR) is 133 cm³/mol. The van der Waals surface area contributed by atoms with Crippen molar-refractivity contribution >= 4 is 29.9 Å². The van der Waals surface area contributed by atoms with Crippen molar-refractivity contribution in [3.8, 4) is 5.75 Å². The number of ether oxygens (including phenoxy) is 1. The molecule has 1 unspecified atom stereocenters. The Morgan fingerprint density at radius 1 is 1.16 bits per heavy atom. The van der Waals surface area contributed by atoms with Crippen LogP contribution in [0.1, 0.15) is 18.4 Å². The lowest BCUT2D eigenvalue weighted by molar-refractivity contribution is 0.0154. The lowest BCUT2D eigenvalue weighted by Crippen LogP contribution is -2.64. The SMILES string of the molecule is CN=C(NCC1CN2CCN1CC2)NC1CCN(Cc2ccc(OC)c(F)c2)CC1.I. The van der Waals surface area contributed by atoms with Crippen LogP contribution in [0.25, 0.3) is 0 Å². The summed E-state index contributed by atoms with van der Waals surface area (Å²) < 4.78 is 18.9. The van der Waals surface area contributed by atoms with Crippen molar-refractivity contribution in [3.63, 3.8) is 0 Å². The maximum Gasteiger partial charge on any atom is 0.191 e. The van der Waals surface area contributed by atoms with Crippen LogP contribution in [-0.2, 0) is 6.54 Å². The van der Waals surface area contributed by atoms with Crippen molar-refractivity contribution < 1.29 is 9.13 Å². The summed E-state index contributed by atoms with van der Waals surface area (Å²) in [5.41, 5.74) is 0.990. The number of halogens is 2. The van der Waals surface area contributed by atoms with Gasteiger partial charge in [0.25, 0.3) is 0 Å². The molecule has 0 radical (unpaired) electrons. The number of hydrogen-bond acceptors (Lipinski definition) is 5. The third kappa shape index (κ3) is 6.43. The van der Waals surface area contributed by atoms with Gasteiger partial charge >= 0.3 is 0 Å². The quantitative estimate of drug-likeness (QED) is 0.321. The van der Waals surface area contributed by atoms with E-state index in [2.05, 4.69) is 30.3 Å². The van der Waals surface area contributed by atoms with Gasteiger partial charge in [-0.05, 0) is 30.5 Å². The van der Waals surface area contributed by atoms with E-state index >= 15 is 0 Å². The van der Waals surface area contributed by atoms with Crippen molar-refractivity contribution in [3.05, 3.63) is 29.6 Å². The number of piperazine rings is 3. The molecular formula is C22H36FIN6O. The Morgan fingerprint density at radius 2 is 1.90 bits per heavy atom. The normalized spacial score (nSPS) is 26.9. The molecule has 1 atom stereocenters. The van der Waals surface area contributed by atoms with E-state index in [9.17, 15) is 4.39 Å². The summed E-state index contributed by atoms with van der Waals surface area (Å²) in [6.45, 7) is 9.67. The molecule has 174 valence electrons. The smallest absolute Gasteiger partial charge is 0.191 e. The van der Waals surface area contributed by atoms with Crippen molar-refractivity contribution in [2.24, 2.45) is 4.99 Å². The fraction of sp³-hybridized carbons (Fsp3) is 0.682. The number of rotatable bonds is 6. The molecule has 4 fully saturated rings. The molecule has 0 aliphatic carbocycles. The molecule has 4 aliphatic heterocycles. The summed E-state index contributed by atoms with van der Waals surface area (Å²) in [6, 6.07) is 6.24. The van der Waals surface area contributed by atoms with Gasteiger partial charge in [-0.25, -0.2) is 4.39 Å². The van der Waals surface area contributed by atoms with Crippen LogP contribution in [0.3, 0.4) is 0 Å². The molecule has 7 nitrogen and oxygen atoms in total. The molecule has 1 aromatic carbocycles. The average molecular weight is 546 g/mol. The number of hydrogen-bond donors (Lipinski definition) is 2. The molecule has 31 heavy (non-hydrogen) atoms. The molecule has 0 amide bonds. The van der Waals surface area contributed by atoms with Gasteiger partial charge in [-0.2, -0.15) is 0 Å². The zero-order chi connectivity index (χ0) is 20.9. The zero-order valence-corrected chi connectivity index (χ0v) is 21.0. The molecule has 4 aliphatic rings. The molecular weight excluding hydrogens is 510 g/mol. The highest BCUT2D eigenvalue weighted by Gasteiger charge is 2.31. The Hall–Kier alpha value is -1.17. The van der Waals surface area contributed by atoms with Crippen LogP contribution < -0.4 is 15.4 Å². The van der Waals surface area contributed by atoms with Gasteiger partial charge < -0.3 is 15.4 Å². The molecule has 0 spiro atoms. The first-order chi connectivity index (χ1) is 14.6. The van der Waals surface area contributed by atoms with Gasteiger partial charge in [0.15, 0.2) is 17.5 Å². The number of piperidine rings is 1. The Balaban J connectivity index is 0.00000272. The molecule has 0 aromatic heterocycles. The van der Waals surface area contributed by atoms with Gasteiger partial charge in [0.1, 0.15) is 0 Å². The fourth-order valence-electron chi connectivity index (χ4n) is 4.82. The third-order valence-electron chi connectivity index (χ3n) is 6.67. The van der Waals surface area contributed by atoms with Crippen LogP contribution in [0.5, 0.6) is 5.75 Å². The molecule has 4 saturated heterocycles. The fourth-order valence-corrected chi connectivity index (χ4v) is 4.82. The van der Waals surface area contributed by atoms with Crippen molar-refractivity contribution in [2.45, 2.75) is 31.5 Å². The van der Waals surface area contributed by atoms with Gasteiger partial charge in [-0.1, -0.05) is 6.07 Å². The number of nitrogens with zero attached hydrogens (tertiary/aromatic N) is 4. The van der Waals surface area contributed by atoms with E-state index in [1.165, 1.54) is 33.3 Å². The van der Waals surface area contributed by atoms with Crippen LogP contribution in [0, 0.1) is 5.82 Å². The van der Waals surface area contributed by atoms with E-state index in [0.717, 1.165) is 57.1 Å². The topological polar surface area (TPSA) is 55.4 Å². The monoisotopic (exact) mass is 546 g/mol. The van der Waals surface area contributed by atoms with Crippen LogP contribution >= 0.6 is 24.0 Å². The minimum atomic E-state index is -0.291. The van der Waals surface area contributed by atoms with E-state index < -0.39 is 0 Å². The Labute approximate surface area is 202 Å². The number of benzene rings is 1. The largest absolute Gasteiger partial charge is 0.494 e. The lowest BCUT2D eigenvalue weighted by atomic mass is 10.0. The first-order valence-electron chi connectivity index (χ1n) is 11.1. The number of likely N-dealkylation sites (tertiary alicyclic amines) is 1. The van der Waals surface area contributed by atoms with E-state index in [4.69, 9.17) is 4.74 Å². The summed E-state index contributed by atoms with van der Waals surface area (Å²) in [6.07, 6.45) is 2.12. The Morgan fingerprint density at radius 3 is 2.48 bits per heavy atom. The maximum absolute atomic E-state index is 13.9. The highest BCUT2D eigenvalue weighted by Crippen LogP contribution is 2.20. The van der Waals surface area contributed by atoms with E-state index in [0.29, 0.717) is 17.8 Å². The van der Waals surface area contributed by atoms with Crippen LogP contribution in [0.2, 0.25) is 0 Å². The van der Waals surface area contributed by atoms with Gasteiger partial charge in [0.2, 0.25) is 0 Å². The van der Waals surface area contributed by atoms with Gasteiger partial charge in [0, 0.05) is 78.0 Å². The second-order valence-corrected chi connectivity index (χ2v) is 8.61. The second-order valence-electron chi connectivity index (χ2n) is 8.61. The van der Waals surface area contributed by atoms with E-state index in [1.807, 2.05) is 13.1 Å². The number of fused-ring (bicyclic) bond motifs is 3. The van der Waals surface area contributed by atoms with Crippen molar-refractivity contribution in [1.82, 2.24) is 25.3 Å². The van der Waals surface area contributed by atoms with Crippen LogP contribution in [0.15, 0.2) is 23.2 Å². The van der Waals surface area contributed by atoms with E-state index in [1.54, 1.807) is 12.1 Å². The second kappa shape index (κ2) is 11.6. The molecule has 0 saturated carbocycles. The highest BCUT2D eigenvalue weighted by atomic mass is 127. The van der Waals surface area contributed by atoms with Gasteiger partial charge in [-0.15, -0.1) is 24.0 Å². The van der Waals surface area contributed by atoms with Crippen LogP contribution in [0.4, 0.5) is 4.39 Å². The molecule has 2 bridgehead atoms. The first-order valence-corrected chi connectivity index (χ1v) is 11.1. The third-order valence-corrected chi connectivity index (χ3v) is 6.67. The van der Waals surface area contributed by atoms with E-state index in [-0.39, 0.29) is 29.8 Å². The van der Waals surface area contributed by atoms with Gasteiger partial charge in [0.05, 0.1) is 7.11 Å². The summed E-state index contributed by atoms with van der Waals surface area (Å²) in [5, 5.41) is 7.14. The first kappa shape index (κ1) is 24.5. The molecule has 5 rings (SSSR count). The zero-order valence-electron chi connectivity index (χ0n) is 18.6. The number of nitrogens with one attached hydrogen (secondary N) is 2. The lowest BCUT2D eigenvalue weighted by Gasteiger charge is -2.47. The number of aliphatic imine (C=N–C) groups is 1. The average Bonchev–Trinajstić information content (AvgIpc) is 2.79. The van der Waals surface area contributed by atoms with Gasteiger partial charge in [-0.3, -0.25) is 19.7 Å². The predicted octanol–water partition coefficient (Wildman–Crippen LogP) is 1.58. The summed E-state index contributed by atoms with van der Waals surface area (Å²) in [4.78, 5) is 12.0. The standard InChI is InChI=1S/C22H35FN6O.HI/c1-24-22(25-14-19-16-28-9-11-29(19)12-10-28)26-18-5-7-27(8-6-18)15-17-3-4-21(30-2)20(23)13-17;/h3-4,13,18-19H,5-12,14-16H2,1-2H3,(H2,24,25,26);1H. The molecule has 2 N–H and O–H groups in total. The van der Waals surface area contributed by atoms with Crippen molar-refractivity contribution in [1.29, 1.82) is 0 Å².